The van der Waals surface area contributed by atoms with Crippen LogP contribution in [0.1, 0.15) is 72.1 Å². The molecule has 0 bridgehead atoms. The van der Waals surface area contributed by atoms with Gasteiger partial charge in [-0.05, 0) is 6.92 Å². The molecule has 0 radical (unpaired) electrons. The van der Waals surface area contributed by atoms with E-state index < -0.39 is 0 Å². The Morgan fingerprint density at radius 1 is 0.913 bits per heavy atom. The molecule has 0 N–H and O–H groups in total. The number of unbranched alkanes of at least 4 members (excludes halogenated alkanes) is 2. The summed E-state index contributed by atoms with van der Waals surface area (Å²) >= 11 is 4.69. The number of hydrogen-bond donors (Lipinski definition) is 0. The molecular weight excluding hydrogens is 383 g/mol. The predicted octanol–water partition coefficient (Wildman–Crippen LogP) is 6.91. The van der Waals surface area contributed by atoms with Crippen molar-refractivity contribution in [1.82, 2.24) is 0 Å². The Morgan fingerprint density at radius 2 is 1.30 bits per heavy atom. The molecule has 0 aromatic carbocycles. The van der Waals surface area contributed by atoms with E-state index in [-0.39, 0.29) is 26.2 Å². The molecule has 0 heterocycles. The van der Waals surface area contributed by atoms with Gasteiger partial charge in [0, 0.05) is 0 Å². The van der Waals surface area contributed by atoms with Gasteiger partial charge >= 0.3 is 26.2 Å². The fourth-order valence-corrected chi connectivity index (χ4v) is 1.98. The summed E-state index contributed by atoms with van der Waals surface area (Å²) in [6.45, 7) is 6.85. The van der Waals surface area contributed by atoms with Gasteiger partial charge in [0.15, 0.2) is 0 Å². The number of rotatable bonds is 7. The van der Waals surface area contributed by atoms with E-state index in [4.69, 9.17) is 0 Å². The van der Waals surface area contributed by atoms with Crippen LogP contribution < -0.4 is 0 Å². The van der Waals surface area contributed by atoms with Gasteiger partial charge in [-0.1, -0.05) is 52.4 Å². The van der Waals surface area contributed by atoms with Crippen molar-refractivity contribution < 1.29 is 30.5 Å². The van der Waals surface area contributed by atoms with Gasteiger partial charge in [-0.2, -0.15) is 12.2 Å². The Kier molecular flexibility index (Phi) is 22.2. The molecule has 0 saturated carbocycles. The van der Waals surface area contributed by atoms with E-state index in [1.54, 1.807) is 0 Å². The minimum Gasteiger partial charge on any atom is -0.280 e. The van der Waals surface area contributed by atoms with E-state index in [1.807, 2.05) is 6.92 Å². The maximum Gasteiger partial charge on any atom is 2.00 e. The zero-order valence-corrected chi connectivity index (χ0v) is 18.2. The second kappa shape index (κ2) is 20.1. The monoisotopic (exact) mass is 412 g/mol. The van der Waals surface area contributed by atoms with Crippen LogP contribution in [0.5, 0.6) is 0 Å². The molecule has 0 saturated heterocycles. The second-order valence-corrected chi connectivity index (χ2v) is 5.44. The van der Waals surface area contributed by atoms with Gasteiger partial charge in [0.05, 0.1) is 18.5 Å². The van der Waals surface area contributed by atoms with E-state index in [1.165, 1.54) is 49.7 Å². The molecule has 0 aromatic heterocycles. The standard InChI is InChI=1S/2C9H13.C2H5ClO.Zr/c2*1-2-3-6-9-7-4-5-8-9;1-2-4-3;/h2*4,7H,2-3,5-6H2,1H3;2H2,1H3;/q2*-1;;+2. The van der Waals surface area contributed by atoms with Crippen LogP contribution in [0.2, 0.25) is 0 Å². The van der Waals surface area contributed by atoms with Crippen LogP contribution in [0.25, 0.3) is 0 Å². The minimum atomic E-state index is 0. The van der Waals surface area contributed by atoms with Crippen molar-refractivity contribution >= 4 is 11.9 Å². The van der Waals surface area contributed by atoms with Crippen molar-refractivity contribution in [2.24, 2.45) is 0 Å². The summed E-state index contributed by atoms with van der Waals surface area (Å²) in [5, 5.41) is 0. The van der Waals surface area contributed by atoms with Crippen LogP contribution in [0.15, 0.2) is 35.5 Å². The third kappa shape index (κ3) is 16.7. The fraction of sp³-hybridized carbons (Fsp3) is 0.600. The van der Waals surface area contributed by atoms with E-state index >= 15 is 0 Å². The Hall–Kier alpha value is 0.0931. The molecule has 0 fully saturated rings. The molecule has 2 aliphatic rings. The van der Waals surface area contributed by atoms with Crippen LogP contribution in [0.3, 0.4) is 0 Å². The van der Waals surface area contributed by atoms with Gasteiger partial charge in [0.1, 0.15) is 0 Å². The zero-order valence-electron chi connectivity index (χ0n) is 15.0. The van der Waals surface area contributed by atoms with Gasteiger partial charge in [-0.3, -0.25) is 16.4 Å². The molecule has 23 heavy (non-hydrogen) atoms. The maximum absolute atomic E-state index is 4.69. The van der Waals surface area contributed by atoms with Crippen molar-refractivity contribution in [3.63, 3.8) is 0 Å². The molecule has 0 unspecified atom stereocenters. The van der Waals surface area contributed by atoms with Crippen molar-refractivity contribution in [2.45, 2.75) is 72.1 Å². The van der Waals surface area contributed by atoms with Crippen LogP contribution in [-0.4, -0.2) is 6.61 Å². The second-order valence-electron chi connectivity index (χ2n) is 5.22. The third-order valence-electron chi connectivity index (χ3n) is 3.24. The summed E-state index contributed by atoms with van der Waals surface area (Å²) < 4.78 is 4.01. The van der Waals surface area contributed by atoms with Crippen LogP contribution >= 0.6 is 11.9 Å². The molecule has 0 aliphatic heterocycles. The van der Waals surface area contributed by atoms with Gasteiger partial charge in [0.2, 0.25) is 0 Å². The average Bonchev–Trinajstić information content (AvgIpc) is 3.25. The van der Waals surface area contributed by atoms with Crippen molar-refractivity contribution in [3.8, 4) is 0 Å². The normalized spacial score (nSPS) is 14.1. The molecule has 1 nitrogen and oxygen atoms in total. The molecule has 128 valence electrons. The minimum absolute atomic E-state index is 0. The first-order valence-electron chi connectivity index (χ1n) is 8.54. The Bertz CT molecular complexity index is 334. The smallest absolute Gasteiger partial charge is 0.280 e. The van der Waals surface area contributed by atoms with Gasteiger partial charge in [0.25, 0.3) is 0 Å². The Morgan fingerprint density at radius 3 is 1.52 bits per heavy atom. The molecule has 0 amide bonds. The van der Waals surface area contributed by atoms with Crippen molar-refractivity contribution in [3.05, 3.63) is 47.6 Å². The molecule has 2 aliphatic carbocycles. The topological polar surface area (TPSA) is 9.23 Å². The summed E-state index contributed by atoms with van der Waals surface area (Å²) in [5.74, 6) is 0. The van der Waals surface area contributed by atoms with E-state index in [9.17, 15) is 0 Å². The van der Waals surface area contributed by atoms with E-state index in [0.717, 1.165) is 12.8 Å². The molecule has 0 spiro atoms. The summed E-state index contributed by atoms with van der Waals surface area (Å²) in [5.41, 5.74) is 2.83. The largest absolute Gasteiger partial charge is 2.00 e. The average molecular weight is 414 g/mol. The number of halogens is 1. The fourth-order valence-electron chi connectivity index (χ4n) is 1.98. The number of hydrogen-bond acceptors (Lipinski definition) is 1. The van der Waals surface area contributed by atoms with Crippen LogP contribution in [-0.2, 0) is 30.5 Å². The van der Waals surface area contributed by atoms with Crippen LogP contribution in [0.4, 0.5) is 0 Å². The summed E-state index contributed by atoms with van der Waals surface area (Å²) in [4.78, 5) is 0. The van der Waals surface area contributed by atoms with Gasteiger partial charge < -0.3 is 0 Å². The summed E-state index contributed by atoms with van der Waals surface area (Å²) in [6.07, 6.45) is 25.1. The van der Waals surface area contributed by atoms with Crippen molar-refractivity contribution in [1.29, 1.82) is 0 Å². The molecular formula is C20H31ClOZr. The molecule has 0 aromatic rings. The predicted molar refractivity (Wildman–Crippen MR) is 97.6 cm³/mol. The van der Waals surface area contributed by atoms with E-state index in [0.29, 0.717) is 6.61 Å². The van der Waals surface area contributed by atoms with Gasteiger partial charge in [-0.25, -0.2) is 23.3 Å². The summed E-state index contributed by atoms with van der Waals surface area (Å²) in [6, 6.07) is 0. The molecule has 0 atom stereocenters. The molecule has 3 heteroatoms. The Labute approximate surface area is 168 Å². The third-order valence-corrected chi connectivity index (χ3v) is 3.46. The number of allylic oxidation sites excluding steroid dienone is 8. The molecule has 2 rings (SSSR count). The van der Waals surface area contributed by atoms with E-state index in [2.05, 4.69) is 66.5 Å². The summed E-state index contributed by atoms with van der Waals surface area (Å²) in [7, 11) is 0. The zero-order chi connectivity index (χ0) is 16.5. The first kappa shape index (κ1) is 25.3. The quantitative estimate of drug-likeness (QED) is 0.412. The first-order valence-corrected chi connectivity index (χ1v) is 8.85. The van der Waals surface area contributed by atoms with Crippen LogP contribution in [0, 0.1) is 12.2 Å². The first-order chi connectivity index (χ1) is 10.8. The Balaban J connectivity index is 0. The van der Waals surface area contributed by atoms with Crippen molar-refractivity contribution in [2.75, 3.05) is 6.61 Å². The van der Waals surface area contributed by atoms with Gasteiger partial charge in [-0.15, -0.1) is 12.8 Å². The SMILES string of the molecule is CCCCC1=[C-]CC=C1.CCCCC1=[C-]CC=C1.CCOCl.[Zr+2]. The maximum atomic E-state index is 4.69.